The van der Waals surface area contributed by atoms with E-state index in [0.29, 0.717) is 0 Å². The summed E-state index contributed by atoms with van der Waals surface area (Å²) in [6.45, 7) is 7.02. The molecule has 0 aliphatic heterocycles. The van der Waals surface area contributed by atoms with Gasteiger partial charge in [0, 0.05) is 6.54 Å². The van der Waals surface area contributed by atoms with Crippen molar-refractivity contribution in [2.24, 2.45) is 0 Å². The quantitative estimate of drug-likeness (QED) is 0.671. The smallest absolute Gasteiger partial charge is 0.0844 e. The van der Waals surface area contributed by atoms with Gasteiger partial charge in [0.1, 0.15) is 0 Å². The third kappa shape index (κ3) is 1.56. The van der Waals surface area contributed by atoms with E-state index in [-0.39, 0.29) is 0 Å². The fourth-order valence-electron chi connectivity index (χ4n) is 1.10. The molecule has 0 saturated carbocycles. The minimum atomic E-state index is 0.804. The number of nitrogens with zero attached hydrogens (tertiary/aromatic N) is 2. The van der Waals surface area contributed by atoms with Gasteiger partial charge in [0.25, 0.3) is 0 Å². The van der Waals surface area contributed by atoms with Crippen LogP contribution in [0, 0.1) is 13.8 Å². The van der Waals surface area contributed by atoms with Crippen molar-refractivity contribution in [2.45, 2.75) is 33.7 Å². The van der Waals surface area contributed by atoms with Gasteiger partial charge < -0.3 is 0 Å². The van der Waals surface area contributed by atoms with Crippen molar-refractivity contribution >= 4 is 11.6 Å². The van der Waals surface area contributed by atoms with Gasteiger partial charge in [-0.3, -0.25) is 4.68 Å². The summed E-state index contributed by atoms with van der Waals surface area (Å²) in [4.78, 5) is 0. The summed E-state index contributed by atoms with van der Waals surface area (Å²) < 4.78 is 1.96. The van der Waals surface area contributed by atoms with Crippen molar-refractivity contribution in [3.8, 4) is 0 Å². The molecule has 2 nitrogen and oxygen atoms in total. The van der Waals surface area contributed by atoms with Crippen LogP contribution in [0.25, 0.3) is 0 Å². The molecule has 0 aliphatic rings. The van der Waals surface area contributed by atoms with E-state index in [9.17, 15) is 0 Å². The lowest BCUT2D eigenvalue weighted by Gasteiger charge is -1.99. The Hall–Kier alpha value is -0.500. The van der Waals surface area contributed by atoms with Crippen LogP contribution >= 0.6 is 11.6 Å². The van der Waals surface area contributed by atoms with Crippen LogP contribution in [0.2, 0.25) is 5.02 Å². The summed E-state index contributed by atoms with van der Waals surface area (Å²) in [6.07, 6.45) is 1.10. The molecule has 0 aromatic carbocycles. The second kappa shape index (κ2) is 3.26. The molecule has 0 atom stereocenters. The number of hydrogen-bond donors (Lipinski definition) is 0. The van der Waals surface area contributed by atoms with Crippen LogP contribution in [0.15, 0.2) is 0 Å². The minimum absolute atomic E-state index is 0.804. The zero-order valence-electron chi connectivity index (χ0n) is 7.19. The topological polar surface area (TPSA) is 17.8 Å². The van der Waals surface area contributed by atoms with Crippen LogP contribution in [-0.2, 0) is 6.54 Å². The van der Waals surface area contributed by atoms with Crippen molar-refractivity contribution in [1.82, 2.24) is 9.78 Å². The van der Waals surface area contributed by atoms with E-state index in [1.165, 1.54) is 0 Å². The van der Waals surface area contributed by atoms with Gasteiger partial charge in [-0.05, 0) is 20.3 Å². The number of rotatable bonds is 2. The Kier molecular flexibility index (Phi) is 2.55. The molecule has 0 aliphatic carbocycles. The average Bonchev–Trinajstić information content (AvgIpc) is 2.19. The molecule has 0 spiro atoms. The van der Waals surface area contributed by atoms with E-state index in [1.807, 2.05) is 18.5 Å². The standard InChI is InChI=1S/C8H13ClN2/c1-4-5-11-7(3)8(9)6(2)10-11/h4-5H2,1-3H3. The molecule has 0 bridgehead atoms. The molecule has 0 saturated heterocycles. The van der Waals surface area contributed by atoms with E-state index in [2.05, 4.69) is 12.0 Å². The van der Waals surface area contributed by atoms with Crippen molar-refractivity contribution in [2.75, 3.05) is 0 Å². The fraction of sp³-hybridized carbons (Fsp3) is 0.625. The largest absolute Gasteiger partial charge is 0.268 e. The maximum atomic E-state index is 5.95. The molecule has 0 radical (unpaired) electrons. The second-order valence-electron chi connectivity index (χ2n) is 2.71. The number of aryl methyl sites for hydroxylation is 2. The molecule has 3 heteroatoms. The van der Waals surface area contributed by atoms with Crippen LogP contribution in [0.5, 0.6) is 0 Å². The molecule has 0 N–H and O–H groups in total. The highest BCUT2D eigenvalue weighted by Gasteiger charge is 2.06. The SMILES string of the molecule is CCCn1nc(C)c(Cl)c1C. The normalized spacial score (nSPS) is 10.5. The third-order valence-corrected chi connectivity index (χ3v) is 2.28. The molecule has 62 valence electrons. The molecule has 1 rings (SSSR count). The van der Waals surface area contributed by atoms with Crippen molar-refractivity contribution < 1.29 is 0 Å². The summed E-state index contributed by atoms with van der Waals surface area (Å²) in [5.74, 6) is 0. The highest BCUT2D eigenvalue weighted by Crippen LogP contribution is 2.18. The Morgan fingerprint density at radius 2 is 2.09 bits per heavy atom. The average molecular weight is 173 g/mol. The molecule has 0 fully saturated rings. The van der Waals surface area contributed by atoms with E-state index < -0.39 is 0 Å². The lowest BCUT2D eigenvalue weighted by atomic mass is 10.4. The van der Waals surface area contributed by atoms with Crippen LogP contribution in [0.4, 0.5) is 0 Å². The lowest BCUT2D eigenvalue weighted by Crippen LogP contribution is -2.00. The van der Waals surface area contributed by atoms with E-state index in [4.69, 9.17) is 11.6 Å². The first-order valence-corrected chi connectivity index (χ1v) is 4.24. The zero-order chi connectivity index (χ0) is 8.43. The molecule has 1 aromatic rings. The Balaban J connectivity index is 2.98. The molecule has 0 amide bonds. The zero-order valence-corrected chi connectivity index (χ0v) is 7.94. The van der Waals surface area contributed by atoms with Gasteiger partial charge in [-0.15, -0.1) is 0 Å². The van der Waals surface area contributed by atoms with Gasteiger partial charge in [0.05, 0.1) is 16.4 Å². The third-order valence-electron chi connectivity index (χ3n) is 1.73. The van der Waals surface area contributed by atoms with Crippen molar-refractivity contribution in [3.05, 3.63) is 16.4 Å². The molecular formula is C8H13ClN2. The van der Waals surface area contributed by atoms with Crippen molar-refractivity contribution in [3.63, 3.8) is 0 Å². The van der Waals surface area contributed by atoms with Crippen molar-refractivity contribution in [1.29, 1.82) is 0 Å². The fourth-order valence-corrected chi connectivity index (χ4v) is 1.24. The van der Waals surface area contributed by atoms with Gasteiger partial charge in [0.2, 0.25) is 0 Å². The van der Waals surface area contributed by atoms with Gasteiger partial charge in [0.15, 0.2) is 0 Å². The first-order valence-electron chi connectivity index (χ1n) is 3.86. The Morgan fingerprint density at radius 3 is 2.45 bits per heavy atom. The monoisotopic (exact) mass is 172 g/mol. The lowest BCUT2D eigenvalue weighted by molar-refractivity contribution is 0.583. The van der Waals surface area contributed by atoms with Crippen LogP contribution in [0.1, 0.15) is 24.7 Å². The van der Waals surface area contributed by atoms with Crippen LogP contribution in [-0.4, -0.2) is 9.78 Å². The summed E-state index contributed by atoms with van der Waals surface area (Å²) in [6, 6.07) is 0. The Morgan fingerprint density at radius 1 is 1.45 bits per heavy atom. The van der Waals surface area contributed by atoms with Gasteiger partial charge in [-0.1, -0.05) is 18.5 Å². The maximum absolute atomic E-state index is 5.95. The number of hydrogen-bond acceptors (Lipinski definition) is 1. The minimum Gasteiger partial charge on any atom is -0.268 e. The highest BCUT2D eigenvalue weighted by atomic mass is 35.5. The summed E-state index contributed by atoms with van der Waals surface area (Å²) in [5.41, 5.74) is 2.00. The Labute approximate surface area is 72.2 Å². The number of halogens is 1. The molecule has 1 heterocycles. The maximum Gasteiger partial charge on any atom is 0.0844 e. The second-order valence-corrected chi connectivity index (χ2v) is 3.09. The summed E-state index contributed by atoms with van der Waals surface area (Å²) in [5, 5.41) is 5.09. The van der Waals surface area contributed by atoms with Gasteiger partial charge in [-0.2, -0.15) is 5.10 Å². The molecule has 1 aromatic heterocycles. The van der Waals surface area contributed by atoms with E-state index in [0.717, 1.165) is 29.4 Å². The van der Waals surface area contributed by atoms with Crippen LogP contribution < -0.4 is 0 Å². The van der Waals surface area contributed by atoms with E-state index in [1.54, 1.807) is 0 Å². The van der Waals surface area contributed by atoms with Crippen LogP contribution in [0.3, 0.4) is 0 Å². The summed E-state index contributed by atoms with van der Waals surface area (Å²) in [7, 11) is 0. The molecule has 11 heavy (non-hydrogen) atoms. The summed E-state index contributed by atoms with van der Waals surface area (Å²) >= 11 is 5.95. The first-order chi connectivity index (χ1) is 5.16. The molecule has 0 unspecified atom stereocenters. The predicted octanol–water partition coefficient (Wildman–Crippen LogP) is 2.56. The number of aromatic nitrogens is 2. The predicted molar refractivity (Wildman–Crippen MR) is 47.0 cm³/mol. The van der Waals surface area contributed by atoms with Gasteiger partial charge in [-0.25, -0.2) is 0 Å². The highest BCUT2D eigenvalue weighted by molar-refractivity contribution is 6.31. The Bertz CT molecular complexity index is 253. The van der Waals surface area contributed by atoms with E-state index >= 15 is 0 Å². The first kappa shape index (κ1) is 8.60. The van der Waals surface area contributed by atoms with Gasteiger partial charge >= 0.3 is 0 Å². The molecular weight excluding hydrogens is 160 g/mol.